The van der Waals surface area contributed by atoms with Crippen LogP contribution in [0.25, 0.3) is 0 Å². The van der Waals surface area contributed by atoms with E-state index in [-0.39, 0.29) is 12.5 Å². The smallest absolute Gasteiger partial charge is 0.220 e. The third-order valence-corrected chi connectivity index (χ3v) is 11.0. The van der Waals surface area contributed by atoms with E-state index in [1.165, 1.54) is 193 Å². The molecule has 0 aromatic carbocycles. The summed E-state index contributed by atoms with van der Waals surface area (Å²) in [6.07, 6.45) is 63.8. The van der Waals surface area contributed by atoms with Gasteiger partial charge in [0.05, 0.1) is 18.8 Å². The first kappa shape index (κ1) is 53.4. The van der Waals surface area contributed by atoms with Crippen molar-refractivity contribution < 1.29 is 15.0 Å². The molecule has 0 radical (unpaired) electrons. The number of nitrogens with one attached hydrogen (secondary N) is 1. The number of unbranched alkanes of at least 4 members (excludes halogenated alkanes) is 31. The lowest BCUT2D eigenvalue weighted by atomic mass is 10.0. The number of aliphatic hydroxyl groups is 2. The first-order chi connectivity index (χ1) is 27.2. The maximum Gasteiger partial charge on any atom is 0.220 e. The Bertz CT molecular complexity index is 877. The van der Waals surface area contributed by atoms with Gasteiger partial charge < -0.3 is 15.5 Å². The molecule has 0 fully saturated rings. The van der Waals surface area contributed by atoms with Crippen LogP contribution in [0.3, 0.4) is 0 Å². The number of carbonyl (C=O) groups is 1. The number of rotatable bonds is 44. The molecule has 1 amide bonds. The summed E-state index contributed by atoms with van der Waals surface area (Å²) < 4.78 is 0. The second kappa shape index (κ2) is 46.7. The second-order valence-corrected chi connectivity index (χ2v) is 16.5. The molecular weight excluding hydrogens is 675 g/mol. The summed E-state index contributed by atoms with van der Waals surface area (Å²) in [4.78, 5) is 12.4. The van der Waals surface area contributed by atoms with Crippen LogP contribution in [0, 0.1) is 0 Å². The molecule has 0 rings (SSSR count). The Labute approximate surface area is 344 Å². The van der Waals surface area contributed by atoms with Crippen LogP contribution in [0.2, 0.25) is 0 Å². The van der Waals surface area contributed by atoms with Gasteiger partial charge >= 0.3 is 0 Å². The molecule has 0 spiro atoms. The molecule has 0 aliphatic carbocycles. The molecule has 0 saturated carbocycles. The zero-order valence-corrected chi connectivity index (χ0v) is 36.9. The summed E-state index contributed by atoms with van der Waals surface area (Å²) in [5.41, 5.74) is 0. The quantitative estimate of drug-likeness (QED) is 0.0427. The minimum atomic E-state index is -0.871. The minimum Gasteiger partial charge on any atom is -0.394 e. The minimum absolute atomic E-state index is 0.0795. The van der Waals surface area contributed by atoms with Crippen LogP contribution in [0.15, 0.2) is 48.6 Å². The lowest BCUT2D eigenvalue weighted by molar-refractivity contribution is -0.123. The molecule has 3 N–H and O–H groups in total. The van der Waals surface area contributed by atoms with Crippen molar-refractivity contribution in [2.24, 2.45) is 0 Å². The van der Waals surface area contributed by atoms with Gasteiger partial charge in [-0.15, -0.1) is 0 Å². The third kappa shape index (κ3) is 43.3. The summed E-state index contributed by atoms with van der Waals surface area (Å²) in [7, 11) is 0. The van der Waals surface area contributed by atoms with Crippen molar-refractivity contribution in [1.29, 1.82) is 0 Å². The average molecular weight is 770 g/mol. The molecule has 0 heterocycles. The van der Waals surface area contributed by atoms with Crippen molar-refractivity contribution in [3.63, 3.8) is 0 Å². The van der Waals surface area contributed by atoms with Crippen molar-refractivity contribution in [1.82, 2.24) is 5.32 Å². The molecule has 322 valence electrons. The zero-order valence-electron chi connectivity index (χ0n) is 36.9. The largest absolute Gasteiger partial charge is 0.394 e. The number of hydrogen-bond donors (Lipinski definition) is 3. The van der Waals surface area contributed by atoms with Crippen molar-refractivity contribution in [2.45, 2.75) is 264 Å². The van der Waals surface area contributed by atoms with E-state index in [9.17, 15) is 15.0 Å². The standard InChI is InChI=1S/C51H95NO3/c1-3-5-7-9-11-13-15-17-19-21-23-24-25-26-27-29-30-32-34-36-38-40-42-44-46-50(54)49(48-53)52-51(55)47-45-43-41-39-37-35-33-31-28-22-20-18-16-14-12-10-8-6-4-2/h18,20,29-30,36,38,44,46,49-50,53-54H,3-17,19,21-28,31-35,37,39-43,45,47-48H2,1-2H3,(H,52,55)/b20-18-,30-29+,38-36+,46-44+. The fraction of sp³-hybridized carbons (Fsp3) is 0.824. The summed E-state index contributed by atoms with van der Waals surface area (Å²) in [6, 6.07) is -0.647. The van der Waals surface area contributed by atoms with Gasteiger partial charge in [-0.3, -0.25) is 4.79 Å². The van der Waals surface area contributed by atoms with Gasteiger partial charge in [0.15, 0.2) is 0 Å². The average Bonchev–Trinajstić information content (AvgIpc) is 3.19. The third-order valence-electron chi connectivity index (χ3n) is 11.0. The van der Waals surface area contributed by atoms with Crippen molar-refractivity contribution in [3.8, 4) is 0 Å². The van der Waals surface area contributed by atoms with Crippen LogP contribution >= 0.6 is 0 Å². The predicted octanol–water partition coefficient (Wildman–Crippen LogP) is 15.5. The first-order valence-electron chi connectivity index (χ1n) is 24.4. The highest BCUT2D eigenvalue weighted by molar-refractivity contribution is 5.76. The lowest BCUT2D eigenvalue weighted by Crippen LogP contribution is -2.45. The summed E-state index contributed by atoms with van der Waals surface area (Å²) >= 11 is 0. The molecule has 55 heavy (non-hydrogen) atoms. The topological polar surface area (TPSA) is 69.6 Å². The predicted molar refractivity (Wildman–Crippen MR) is 244 cm³/mol. The molecule has 0 aliphatic heterocycles. The van der Waals surface area contributed by atoms with Gasteiger partial charge in [-0.1, -0.05) is 223 Å². The summed E-state index contributed by atoms with van der Waals surface area (Å²) in [6.45, 7) is 4.30. The monoisotopic (exact) mass is 770 g/mol. The molecule has 2 atom stereocenters. The van der Waals surface area contributed by atoms with Crippen LogP contribution in [0.5, 0.6) is 0 Å². The molecule has 4 nitrogen and oxygen atoms in total. The van der Waals surface area contributed by atoms with Crippen molar-refractivity contribution in [2.75, 3.05) is 6.61 Å². The van der Waals surface area contributed by atoms with Gasteiger partial charge in [0.2, 0.25) is 5.91 Å². The summed E-state index contributed by atoms with van der Waals surface area (Å²) in [5, 5.41) is 23.0. The Morgan fingerprint density at radius 3 is 1.05 bits per heavy atom. The Morgan fingerprint density at radius 1 is 0.418 bits per heavy atom. The molecule has 2 unspecified atom stereocenters. The van der Waals surface area contributed by atoms with E-state index < -0.39 is 12.1 Å². The van der Waals surface area contributed by atoms with Gasteiger partial charge in [-0.05, 0) is 70.6 Å². The highest BCUT2D eigenvalue weighted by Crippen LogP contribution is 2.15. The van der Waals surface area contributed by atoms with Crippen LogP contribution in [0.1, 0.15) is 251 Å². The molecule has 4 heteroatoms. The Kier molecular flexibility index (Phi) is 45.3. The number of carbonyl (C=O) groups excluding carboxylic acids is 1. The van der Waals surface area contributed by atoms with Crippen molar-refractivity contribution >= 4 is 5.91 Å². The first-order valence-corrected chi connectivity index (χ1v) is 24.4. The Morgan fingerprint density at radius 2 is 0.709 bits per heavy atom. The fourth-order valence-electron chi connectivity index (χ4n) is 7.26. The number of aliphatic hydroxyl groups excluding tert-OH is 2. The van der Waals surface area contributed by atoms with Gasteiger partial charge in [-0.25, -0.2) is 0 Å². The lowest BCUT2D eigenvalue weighted by Gasteiger charge is -2.19. The molecule has 0 saturated heterocycles. The molecule has 0 bridgehead atoms. The van der Waals surface area contributed by atoms with E-state index in [2.05, 4.69) is 55.6 Å². The fourth-order valence-corrected chi connectivity index (χ4v) is 7.26. The Hall–Kier alpha value is -1.65. The molecule has 0 aliphatic rings. The van der Waals surface area contributed by atoms with E-state index in [4.69, 9.17) is 0 Å². The van der Waals surface area contributed by atoms with Crippen LogP contribution in [0.4, 0.5) is 0 Å². The highest BCUT2D eigenvalue weighted by Gasteiger charge is 2.17. The normalized spacial score (nSPS) is 13.3. The van der Waals surface area contributed by atoms with E-state index >= 15 is 0 Å². The molecular formula is C51H95NO3. The molecule has 0 aromatic heterocycles. The van der Waals surface area contributed by atoms with Crippen LogP contribution < -0.4 is 5.32 Å². The van der Waals surface area contributed by atoms with Crippen molar-refractivity contribution in [3.05, 3.63) is 48.6 Å². The number of hydrogen-bond acceptors (Lipinski definition) is 3. The van der Waals surface area contributed by atoms with Crippen LogP contribution in [-0.4, -0.2) is 34.9 Å². The zero-order chi connectivity index (χ0) is 40.0. The van der Waals surface area contributed by atoms with Gasteiger partial charge in [0, 0.05) is 6.42 Å². The molecule has 0 aromatic rings. The Balaban J connectivity index is 3.61. The van der Waals surface area contributed by atoms with E-state index in [1.54, 1.807) is 6.08 Å². The maximum absolute atomic E-state index is 12.4. The maximum atomic E-state index is 12.4. The number of allylic oxidation sites excluding steroid dienone is 7. The van der Waals surface area contributed by atoms with E-state index in [0.717, 1.165) is 38.5 Å². The van der Waals surface area contributed by atoms with E-state index in [0.29, 0.717) is 6.42 Å². The van der Waals surface area contributed by atoms with Gasteiger partial charge in [0.25, 0.3) is 0 Å². The van der Waals surface area contributed by atoms with Gasteiger partial charge in [0.1, 0.15) is 0 Å². The SMILES string of the molecule is CCCCCCCC/C=C\CCCCCCCCCCCC(=O)NC(CO)C(O)/C=C/CC/C=C/CC/C=C/CCCCCCCCCCCCCCCC. The van der Waals surface area contributed by atoms with Gasteiger partial charge in [-0.2, -0.15) is 0 Å². The van der Waals surface area contributed by atoms with E-state index in [1.807, 2.05) is 6.08 Å². The second-order valence-electron chi connectivity index (χ2n) is 16.5. The summed E-state index contributed by atoms with van der Waals surface area (Å²) in [5.74, 6) is -0.0795. The number of amides is 1. The highest BCUT2D eigenvalue weighted by atomic mass is 16.3. The van der Waals surface area contributed by atoms with Crippen LogP contribution in [-0.2, 0) is 4.79 Å².